The Balaban J connectivity index is 2.19. The lowest BCUT2D eigenvalue weighted by atomic mass is 10.2. The van der Waals surface area contributed by atoms with E-state index in [4.69, 9.17) is 5.11 Å². The fraction of sp³-hybridized carbons (Fsp3) is 0.250. The summed E-state index contributed by atoms with van der Waals surface area (Å²) in [5, 5.41) is 10.9. The average molecular weight is 265 g/mol. The first-order chi connectivity index (χ1) is 9.08. The molecule has 0 radical (unpaired) electrons. The number of carbonyl (C=O) groups is 3. The van der Waals surface area contributed by atoms with Crippen molar-refractivity contribution in [3.05, 3.63) is 30.3 Å². The first-order valence-corrected chi connectivity index (χ1v) is 5.70. The van der Waals surface area contributed by atoms with Crippen LogP contribution in [0.3, 0.4) is 0 Å². The van der Waals surface area contributed by atoms with Crippen molar-refractivity contribution in [3.8, 4) is 0 Å². The van der Waals surface area contributed by atoms with Crippen molar-refractivity contribution in [3.63, 3.8) is 0 Å². The summed E-state index contributed by atoms with van der Waals surface area (Å²) in [6, 6.07) is 8.17. The molecule has 0 aliphatic heterocycles. The van der Waals surface area contributed by atoms with E-state index < -0.39 is 17.9 Å². The number of nitrogens with one attached hydrogen (secondary N) is 3. The number of carboxylic acid groups (broad SMARTS) is 1. The molecule has 0 bridgehead atoms. The van der Waals surface area contributed by atoms with Crippen LogP contribution in [0.2, 0.25) is 0 Å². The molecule has 0 aliphatic rings. The first-order valence-electron chi connectivity index (χ1n) is 5.70. The Hall–Kier alpha value is -2.57. The van der Waals surface area contributed by atoms with Crippen LogP contribution in [0.4, 0.5) is 10.5 Å². The molecule has 7 nitrogen and oxygen atoms in total. The quantitative estimate of drug-likeness (QED) is 0.598. The van der Waals surface area contributed by atoms with E-state index in [-0.39, 0.29) is 19.3 Å². The highest BCUT2D eigenvalue weighted by molar-refractivity contribution is 5.90. The van der Waals surface area contributed by atoms with Crippen LogP contribution in [0.15, 0.2) is 30.3 Å². The third-order valence-electron chi connectivity index (χ3n) is 2.14. The van der Waals surface area contributed by atoms with Crippen molar-refractivity contribution in [2.75, 3.05) is 5.32 Å². The lowest BCUT2D eigenvalue weighted by Gasteiger charge is -2.08. The zero-order chi connectivity index (χ0) is 14.1. The molecule has 0 saturated carbocycles. The van der Waals surface area contributed by atoms with Gasteiger partial charge in [-0.15, -0.1) is 0 Å². The fourth-order valence-electron chi connectivity index (χ4n) is 1.27. The van der Waals surface area contributed by atoms with Crippen molar-refractivity contribution in [2.24, 2.45) is 0 Å². The van der Waals surface area contributed by atoms with Crippen LogP contribution in [0.1, 0.15) is 19.3 Å². The summed E-state index contributed by atoms with van der Waals surface area (Å²) >= 11 is 0. The highest BCUT2D eigenvalue weighted by Crippen LogP contribution is 2.03. The molecule has 102 valence electrons. The molecule has 1 rings (SSSR count). The van der Waals surface area contributed by atoms with Gasteiger partial charge in [-0.3, -0.25) is 15.0 Å². The Kier molecular flexibility index (Phi) is 5.87. The highest BCUT2D eigenvalue weighted by Gasteiger charge is 2.05. The van der Waals surface area contributed by atoms with E-state index in [2.05, 4.69) is 16.2 Å². The predicted octanol–water partition coefficient (Wildman–Crippen LogP) is 1.09. The molecule has 0 aliphatic carbocycles. The average Bonchev–Trinajstić information content (AvgIpc) is 2.37. The van der Waals surface area contributed by atoms with Gasteiger partial charge in [0.25, 0.3) is 0 Å². The number of urea groups is 1. The molecule has 0 aromatic heterocycles. The zero-order valence-electron chi connectivity index (χ0n) is 10.2. The number of hydrogen-bond acceptors (Lipinski definition) is 3. The summed E-state index contributed by atoms with van der Waals surface area (Å²) in [5.41, 5.74) is 4.95. The van der Waals surface area contributed by atoms with Gasteiger partial charge in [-0.25, -0.2) is 10.2 Å². The van der Waals surface area contributed by atoms with Crippen LogP contribution < -0.4 is 16.2 Å². The number of rotatable bonds is 5. The summed E-state index contributed by atoms with van der Waals surface area (Å²) in [7, 11) is 0. The van der Waals surface area contributed by atoms with Gasteiger partial charge in [0.2, 0.25) is 5.91 Å². The normalized spacial score (nSPS) is 9.47. The zero-order valence-corrected chi connectivity index (χ0v) is 10.2. The van der Waals surface area contributed by atoms with E-state index in [1.807, 2.05) is 6.07 Å². The van der Waals surface area contributed by atoms with Crippen LogP contribution in [0, 0.1) is 0 Å². The molecular weight excluding hydrogens is 250 g/mol. The molecule has 0 spiro atoms. The van der Waals surface area contributed by atoms with Crippen LogP contribution in [-0.2, 0) is 9.59 Å². The minimum atomic E-state index is -0.956. The number of aliphatic carboxylic acids is 1. The Bertz CT molecular complexity index is 448. The maximum atomic E-state index is 11.4. The summed E-state index contributed by atoms with van der Waals surface area (Å²) in [6.45, 7) is 0. The molecule has 4 N–H and O–H groups in total. The van der Waals surface area contributed by atoms with Gasteiger partial charge in [0.05, 0.1) is 0 Å². The highest BCUT2D eigenvalue weighted by atomic mass is 16.4. The van der Waals surface area contributed by atoms with Gasteiger partial charge in [-0.2, -0.15) is 0 Å². The summed E-state index contributed by atoms with van der Waals surface area (Å²) in [5.74, 6) is -1.40. The van der Waals surface area contributed by atoms with E-state index in [9.17, 15) is 14.4 Å². The monoisotopic (exact) mass is 265 g/mol. The topological polar surface area (TPSA) is 108 Å². The van der Waals surface area contributed by atoms with E-state index in [1.165, 1.54) is 0 Å². The van der Waals surface area contributed by atoms with Gasteiger partial charge in [0.15, 0.2) is 0 Å². The molecule has 1 aromatic rings. The largest absolute Gasteiger partial charge is 0.481 e. The molecule has 1 aromatic carbocycles. The second kappa shape index (κ2) is 7.70. The number of anilines is 1. The molecule has 0 heterocycles. The van der Waals surface area contributed by atoms with Crippen molar-refractivity contribution in [2.45, 2.75) is 19.3 Å². The molecule has 0 saturated heterocycles. The minimum Gasteiger partial charge on any atom is -0.481 e. The number of hydrogen-bond donors (Lipinski definition) is 4. The summed E-state index contributed by atoms with van der Waals surface area (Å²) in [4.78, 5) is 32.8. The molecule has 0 unspecified atom stereocenters. The van der Waals surface area contributed by atoms with Crippen molar-refractivity contribution in [1.29, 1.82) is 0 Å². The Morgan fingerprint density at radius 1 is 1.00 bits per heavy atom. The number of para-hydroxylation sites is 1. The number of amides is 3. The standard InChI is InChI=1S/C12H15N3O4/c16-10(7-4-8-11(17)18)14-15-12(19)13-9-5-2-1-3-6-9/h1-3,5-6H,4,7-8H2,(H,14,16)(H,17,18)(H2,13,15,19). The third-order valence-corrected chi connectivity index (χ3v) is 2.14. The Labute approximate surface area is 110 Å². The Morgan fingerprint density at radius 3 is 2.32 bits per heavy atom. The molecule has 0 atom stereocenters. The molecule has 19 heavy (non-hydrogen) atoms. The van der Waals surface area contributed by atoms with E-state index in [1.54, 1.807) is 24.3 Å². The van der Waals surface area contributed by atoms with Crippen LogP contribution in [0.5, 0.6) is 0 Å². The maximum Gasteiger partial charge on any atom is 0.337 e. The van der Waals surface area contributed by atoms with E-state index in [0.29, 0.717) is 5.69 Å². The third kappa shape index (κ3) is 6.67. The SMILES string of the molecule is O=C(O)CCCC(=O)NNC(=O)Nc1ccccc1. The van der Waals surface area contributed by atoms with Gasteiger partial charge in [-0.1, -0.05) is 18.2 Å². The van der Waals surface area contributed by atoms with Gasteiger partial charge in [-0.05, 0) is 18.6 Å². The van der Waals surface area contributed by atoms with Crippen LogP contribution in [0.25, 0.3) is 0 Å². The van der Waals surface area contributed by atoms with Crippen LogP contribution in [-0.4, -0.2) is 23.0 Å². The Morgan fingerprint density at radius 2 is 1.68 bits per heavy atom. The minimum absolute atomic E-state index is 0.0396. The lowest BCUT2D eigenvalue weighted by molar-refractivity contribution is -0.137. The van der Waals surface area contributed by atoms with Gasteiger partial charge < -0.3 is 10.4 Å². The second-order valence-electron chi connectivity index (χ2n) is 3.74. The van der Waals surface area contributed by atoms with Gasteiger partial charge >= 0.3 is 12.0 Å². The summed E-state index contributed by atoms with van der Waals surface area (Å²) < 4.78 is 0. The van der Waals surface area contributed by atoms with Gasteiger partial charge in [0.1, 0.15) is 0 Å². The molecular formula is C12H15N3O4. The number of carbonyl (C=O) groups excluding carboxylic acids is 2. The molecule has 3 amide bonds. The van der Waals surface area contributed by atoms with Crippen molar-refractivity contribution in [1.82, 2.24) is 10.9 Å². The molecule has 7 heteroatoms. The van der Waals surface area contributed by atoms with Crippen molar-refractivity contribution >= 4 is 23.6 Å². The smallest absolute Gasteiger partial charge is 0.337 e. The van der Waals surface area contributed by atoms with E-state index >= 15 is 0 Å². The first kappa shape index (κ1) is 14.5. The lowest BCUT2D eigenvalue weighted by Crippen LogP contribution is -2.43. The number of carboxylic acids is 1. The predicted molar refractivity (Wildman–Crippen MR) is 68.2 cm³/mol. The molecule has 0 fully saturated rings. The summed E-state index contributed by atoms with van der Waals surface area (Å²) in [6.07, 6.45) is 0.185. The fourth-order valence-corrected chi connectivity index (χ4v) is 1.27. The van der Waals surface area contributed by atoms with E-state index in [0.717, 1.165) is 0 Å². The maximum absolute atomic E-state index is 11.4. The second-order valence-corrected chi connectivity index (χ2v) is 3.74. The van der Waals surface area contributed by atoms with Crippen molar-refractivity contribution < 1.29 is 19.5 Å². The number of benzene rings is 1. The van der Waals surface area contributed by atoms with Crippen LogP contribution >= 0.6 is 0 Å². The van der Waals surface area contributed by atoms with Gasteiger partial charge in [0, 0.05) is 18.5 Å². The number of hydrazine groups is 1.